The maximum atomic E-state index is 12.6. The van der Waals surface area contributed by atoms with Crippen LogP contribution in [0.2, 0.25) is 0 Å². The Morgan fingerprint density at radius 3 is 2.90 bits per heavy atom. The Labute approximate surface area is 122 Å². The molecule has 112 valence electrons. The lowest BCUT2D eigenvalue weighted by molar-refractivity contribution is -0.135. The number of carbonyl (C=O) groups excluding carboxylic acids is 1. The smallest absolute Gasteiger partial charge is 0.245 e. The Morgan fingerprint density at radius 2 is 2.29 bits per heavy atom. The Kier molecular flexibility index (Phi) is 3.89. The van der Waals surface area contributed by atoms with Crippen LogP contribution in [0, 0.1) is 0 Å². The largest absolute Gasteiger partial charge is 0.467 e. The minimum Gasteiger partial charge on any atom is -0.467 e. The second-order valence-corrected chi connectivity index (χ2v) is 5.34. The SMILES string of the molecule is Nc1ncn(CC(=O)N(Cc2ccco2)C2CCCC2)n1. The molecular formula is C14H19N5O2. The van der Waals surface area contributed by atoms with Gasteiger partial charge in [0.05, 0.1) is 12.8 Å². The fourth-order valence-corrected chi connectivity index (χ4v) is 2.82. The molecule has 2 N–H and O–H groups in total. The van der Waals surface area contributed by atoms with Crippen molar-refractivity contribution >= 4 is 11.9 Å². The minimum absolute atomic E-state index is 0.0169. The fraction of sp³-hybridized carbons (Fsp3) is 0.500. The first-order valence-corrected chi connectivity index (χ1v) is 7.19. The van der Waals surface area contributed by atoms with E-state index in [1.54, 1.807) is 6.26 Å². The number of anilines is 1. The van der Waals surface area contributed by atoms with E-state index in [-0.39, 0.29) is 24.4 Å². The molecule has 1 aliphatic carbocycles. The summed E-state index contributed by atoms with van der Waals surface area (Å²) >= 11 is 0. The lowest BCUT2D eigenvalue weighted by Gasteiger charge is -2.28. The van der Waals surface area contributed by atoms with Crippen molar-refractivity contribution in [3.63, 3.8) is 0 Å². The van der Waals surface area contributed by atoms with Crippen LogP contribution in [0.5, 0.6) is 0 Å². The lowest BCUT2D eigenvalue weighted by Crippen LogP contribution is -2.40. The van der Waals surface area contributed by atoms with Crippen LogP contribution in [0.25, 0.3) is 0 Å². The molecule has 21 heavy (non-hydrogen) atoms. The van der Waals surface area contributed by atoms with Gasteiger partial charge in [-0.05, 0) is 25.0 Å². The number of amides is 1. The topological polar surface area (TPSA) is 90.2 Å². The average Bonchev–Trinajstić information content (AvgIpc) is 3.18. The van der Waals surface area contributed by atoms with Gasteiger partial charge in [0.25, 0.3) is 0 Å². The molecule has 0 aliphatic heterocycles. The van der Waals surface area contributed by atoms with E-state index in [0.717, 1.165) is 18.6 Å². The Balaban J connectivity index is 1.72. The van der Waals surface area contributed by atoms with Crippen LogP contribution in [0.3, 0.4) is 0 Å². The van der Waals surface area contributed by atoms with Gasteiger partial charge in [0, 0.05) is 6.04 Å². The van der Waals surface area contributed by atoms with Crippen molar-refractivity contribution in [3.8, 4) is 0 Å². The van der Waals surface area contributed by atoms with Crippen molar-refractivity contribution in [1.82, 2.24) is 19.7 Å². The number of furan rings is 1. The molecule has 0 spiro atoms. The van der Waals surface area contributed by atoms with Gasteiger partial charge in [-0.15, -0.1) is 5.10 Å². The van der Waals surface area contributed by atoms with Crippen LogP contribution >= 0.6 is 0 Å². The third kappa shape index (κ3) is 3.24. The fourth-order valence-electron chi connectivity index (χ4n) is 2.82. The van der Waals surface area contributed by atoms with Gasteiger partial charge in [-0.1, -0.05) is 12.8 Å². The minimum atomic E-state index is 0.0169. The molecule has 0 saturated heterocycles. The molecule has 0 radical (unpaired) electrons. The highest BCUT2D eigenvalue weighted by molar-refractivity contribution is 5.76. The van der Waals surface area contributed by atoms with Crippen LogP contribution in [-0.2, 0) is 17.9 Å². The Hall–Kier alpha value is -2.31. The van der Waals surface area contributed by atoms with E-state index >= 15 is 0 Å². The van der Waals surface area contributed by atoms with E-state index in [2.05, 4.69) is 10.1 Å². The van der Waals surface area contributed by atoms with Gasteiger partial charge in [0.15, 0.2) is 0 Å². The summed E-state index contributed by atoms with van der Waals surface area (Å²) in [5.41, 5.74) is 5.48. The summed E-state index contributed by atoms with van der Waals surface area (Å²) in [4.78, 5) is 18.3. The zero-order chi connectivity index (χ0) is 14.7. The molecule has 1 amide bonds. The van der Waals surface area contributed by atoms with Gasteiger partial charge in [-0.3, -0.25) is 4.79 Å². The summed E-state index contributed by atoms with van der Waals surface area (Å²) < 4.78 is 6.85. The predicted molar refractivity (Wildman–Crippen MR) is 75.9 cm³/mol. The van der Waals surface area contributed by atoms with Crippen LogP contribution in [0.15, 0.2) is 29.1 Å². The van der Waals surface area contributed by atoms with Crippen LogP contribution < -0.4 is 5.73 Å². The van der Waals surface area contributed by atoms with Crippen molar-refractivity contribution in [3.05, 3.63) is 30.5 Å². The number of carbonyl (C=O) groups is 1. The number of hydrogen-bond donors (Lipinski definition) is 1. The number of nitrogen functional groups attached to an aromatic ring is 1. The summed E-state index contributed by atoms with van der Waals surface area (Å²) in [7, 11) is 0. The normalized spacial score (nSPS) is 15.4. The zero-order valence-corrected chi connectivity index (χ0v) is 11.8. The van der Waals surface area contributed by atoms with Gasteiger partial charge < -0.3 is 15.1 Å². The molecule has 1 fully saturated rings. The highest BCUT2D eigenvalue weighted by atomic mass is 16.3. The van der Waals surface area contributed by atoms with Crippen molar-refractivity contribution < 1.29 is 9.21 Å². The van der Waals surface area contributed by atoms with E-state index in [0.29, 0.717) is 6.54 Å². The first-order chi connectivity index (χ1) is 10.2. The van der Waals surface area contributed by atoms with Crippen molar-refractivity contribution in [1.29, 1.82) is 0 Å². The highest BCUT2D eigenvalue weighted by Crippen LogP contribution is 2.25. The molecule has 0 bridgehead atoms. The van der Waals surface area contributed by atoms with Gasteiger partial charge in [-0.2, -0.15) is 0 Å². The van der Waals surface area contributed by atoms with E-state index in [1.807, 2.05) is 17.0 Å². The second-order valence-electron chi connectivity index (χ2n) is 5.34. The lowest BCUT2D eigenvalue weighted by atomic mass is 10.2. The number of rotatable bonds is 5. The molecular weight excluding hydrogens is 270 g/mol. The molecule has 0 atom stereocenters. The van der Waals surface area contributed by atoms with Gasteiger partial charge in [0.1, 0.15) is 18.6 Å². The summed E-state index contributed by atoms with van der Waals surface area (Å²) in [6.45, 7) is 0.655. The Morgan fingerprint density at radius 1 is 1.48 bits per heavy atom. The van der Waals surface area contributed by atoms with Crippen LogP contribution in [0.4, 0.5) is 5.95 Å². The number of hydrogen-bond acceptors (Lipinski definition) is 5. The molecule has 1 aliphatic rings. The number of nitrogens with two attached hydrogens (primary N) is 1. The maximum absolute atomic E-state index is 12.6. The maximum Gasteiger partial charge on any atom is 0.245 e. The third-order valence-corrected chi connectivity index (χ3v) is 3.84. The summed E-state index contributed by atoms with van der Waals surface area (Å²) in [5, 5.41) is 3.97. The summed E-state index contributed by atoms with van der Waals surface area (Å²) in [6.07, 6.45) is 7.54. The number of nitrogens with zero attached hydrogens (tertiary/aromatic N) is 4. The molecule has 2 aromatic heterocycles. The van der Waals surface area contributed by atoms with E-state index in [4.69, 9.17) is 10.2 Å². The standard InChI is InChI=1S/C14H19N5O2/c15-14-16-10-18(17-14)9-13(20)19(11-4-1-2-5-11)8-12-6-3-7-21-12/h3,6-7,10-11H,1-2,4-5,8-9H2,(H2,15,17). The first-order valence-electron chi connectivity index (χ1n) is 7.19. The quantitative estimate of drug-likeness (QED) is 0.899. The zero-order valence-electron chi connectivity index (χ0n) is 11.8. The monoisotopic (exact) mass is 289 g/mol. The molecule has 1 saturated carbocycles. The van der Waals surface area contributed by atoms with Crippen molar-refractivity contribution in [2.45, 2.75) is 44.8 Å². The van der Waals surface area contributed by atoms with Gasteiger partial charge >= 0.3 is 0 Å². The van der Waals surface area contributed by atoms with E-state index < -0.39 is 0 Å². The van der Waals surface area contributed by atoms with Gasteiger partial charge in [0.2, 0.25) is 11.9 Å². The third-order valence-electron chi connectivity index (χ3n) is 3.84. The van der Waals surface area contributed by atoms with Crippen LogP contribution in [-0.4, -0.2) is 31.6 Å². The summed E-state index contributed by atoms with van der Waals surface area (Å²) in [5.74, 6) is 0.998. The molecule has 7 heteroatoms. The molecule has 3 rings (SSSR count). The molecule has 0 unspecified atom stereocenters. The molecule has 0 aromatic carbocycles. The summed E-state index contributed by atoms with van der Waals surface area (Å²) in [6, 6.07) is 4.01. The molecule has 7 nitrogen and oxygen atoms in total. The average molecular weight is 289 g/mol. The highest BCUT2D eigenvalue weighted by Gasteiger charge is 2.27. The first kappa shape index (κ1) is 13.7. The van der Waals surface area contributed by atoms with Crippen molar-refractivity contribution in [2.75, 3.05) is 5.73 Å². The van der Waals surface area contributed by atoms with E-state index in [1.165, 1.54) is 23.9 Å². The predicted octanol–water partition coefficient (Wildman–Crippen LogP) is 1.42. The van der Waals surface area contributed by atoms with Gasteiger partial charge in [-0.25, -0.2) is 9.67 Å². The van der Waals surface area contributed by atoms with E-state index in [9.17, 15) is 4.79 Å². The number of aromatic nitrogens is 3. The molecule has 2 heterocycles. The Bertz CT molecular complexity index is 586. The van der Waals surface area contributed by atoms with Crippen molar-refractivity contribution in [2.24, 2.45) is 0 Å². The second kappa shape index (κ2) is 5.99. The van der Waals surface area contributed by atoms with Crippen LogP contribution in [0.1, 0.15) is 31.4 Å². The molecule has 2 aromatic rings.